The molecular weight excluding hydrogens is 298 g/mol. The van der Waals surface area contributed by atoms with E-state index in [0.717, 1.165) is 19.3 Å². The fraction of sp³-hybridized carbons (Fsp3) is 0.824. The van der Waals surface area contributed by atoms with Crippen LogP contribution >= 0.6 is 0 Å². The van der Waals surface area contributed by atoms with Crippen LogP contribution in [0.15, 0.2) is 0 Å². The molecule has 1 saturated carbocycles. The molecule has 2 atom stereocenters. The number of ketones is 1. The van der Waals surface area contributed by atoms with Gasteiger partial charge in [-0.3, -0.25) is 9.59 Å². The molecule has 6 heteroatoms. The fourth-order valence-electron chi connectivity index (χ4n) is 2.97. The Morgan fingerprint density at radius 3 is 2.52 bits per heavy atom. The first-order valence-electron chi connectivity index (χ1n) is 8.47. The minimum atomic E-state index is -0.590. The third-order valence-electron chi connectivity index (χ3n) is 4.16. The summed E-state index contributed by atoms with van der Waals surface area (Å²) in [6.07, 6.45) is 3.33. The van der Waals surface area contributed by atoms with E-state index in [4.69, 9.17) is 9.47 Å². The van der Waals surface area contributed by atoms with Gasteiger partial charge in [-0.05, 0) is 52.9 Å². The molecule has 0 aromatic heterocycles. The molecule has 2 rings (SSSR count). The first-order chi connectivity index (χ1) is 10.8. The zero-order valence-corrected chi connectivity index (χ0v) is 14.3. The molecule has 2 fully saturated rings. The lowest BCUT2D eigenvalue weighted by Crippen LogP contribution is -2.45. The molecule has 0 bridgehead atoms. The molecule has 0 N–H and O–H groups in total. The van der Waals surface area contributed by atoms with Crippen molar-refractivity contribution in [1.82, 2.24) is 4.90 Å². The second-order valence-electron chi connectivity index (χ2n) is 7.40. The SMILES string of the molecule is CC(C)(C)OC(=O)N1CCC[C@@H](C(=O)O[C@@H]2CCCCC2=O)C1. The number of Topliss-reactive ketones (excluding diaryl/α,β-unsaturated/α-hetero) is 1. The minimum absolute atomic E-state index is 0.0180. The highest BCUT2D eigenvalue weighted by Crippen LogP contribution is 2.23. The van der Waals surface area contributed by atoms with Crippen LogP contribution in [0.1, 0.15) is 59.3 Å². The number of ether oxygens (including phenoxy) is 2. The summed E-state index contributed by atoms with van der Waals surface area (Å²) in [6, 6.07) is 0. The predicted molar refractivity (Wildman–Crippen MR) is 83.9 cm³/mol. The van der Waals surface area contributed by atoms with E-state index < -0.39 is 17.8 Å². The number of piperidine rings is 1. The molecule has 0 aromatic rings. The zero-order valence-electron chi connectivity index (χ0n) is 14.3. The van der Waals surface area contributed by atoms with Crippen LogP contribution < -0.4 is 0 Å². The molecule has 130 valence electrons. The van der Waals surface area contributed by atoms with Gasteiger partial charge in [0.05, 0.1) is 5.92 Å². The number of rotatable bonds is 2. The summed E-state index contributed by atoms with van der Waals surface area (Å²) in [7, 11) is 0. The van der Waals surface area contributed by atoms with Crippen LogP contribution in [-0.2, 0) is 19.1 Å². The standard InChI is InChI=1S/C17H27NO5/c1-17(2,3)23-16(21)18-10-6-7-12(11-18)15(20)22-14-9-5-4-8-13(14)19/h12,14H,4-11H2,1-3H3/t12-,14-/m1/s1. The van der Waals surface area contributed by atoms with Gasteiger partial charge in [0.15, 0.2) is 11.9 Å². The molecule has 1 amide bonds. The Kier molecular flexibility index (Phi) is 5.65. The molecule has 6 nitrogen and oxygen atoms in total. The van der Waals surface area contributed by atoms with Gasteiger partial charge >= 0.3 is 12.1 Å². The van der Waals surface area contributed by atoms with E-state index in [1.807, 2.05) is 20.8 Å². The number of hydrogen-bond acceptors (Lipinski definition) is 5. The smallest absolute Gasteiger partial charge is 0.410 e. The highest BCUT2D eigenvalue weighted by Gasteiger charge is 2.34. The quantitative estimate of drug-likeness (QED) is 0.730. The number of carbonyl (C=O) groups excluding carboxylic acids is 3. The monoisotopic (exact) mass is 325 g/mol. The number of likely N-dealkylation sites (tertiary alicyclic amines) is 1. The molecule has 1 saturated heterocycles. The molecular formula is C17H27NO5. The van der Waals surface area contributed by atoms with E-state index in [9.17, 15) is 14.4 Å². The summed E-state index contributed by atoms with van der Waals surface area (Å²) < 4.78 is 10.8. The molecule has 0 spiro atoms. The van der Waals surface area contributed by atoms with Gasteiger partial charge < -0.3 is 14.4 Å². The van der Waals surface area contributed by atoms with Gasteiger partial charge in [-0.15, -0.1) is 0 Å². The Hall–Kier alpha value is -1.59. The van der Waals surface area contributed by atoms with Gasteiger partial charge in [0, 0.05) is 19.5 Å². The lowest BCUT2D eigenvalue weighted by atomic mass is 9.95. The number of nitrogens with zero attached hydrogens (tertiary/aromatic N) is 1. The Morgan fingerprint density at radius 2 is 1.87 bits per heavy atom. The van der Waals surface area contributed by atoms with Crippen molar-refractivity contribution in [2.45, 2.75) is 71.0 Å². The average molecular weight is 325 g/mol. The number of amides is 1. The summed E-state index contributed by atoms with van der Waals surface area (Å²) in [5, 5.41) is 0. The number of carbonyl (C=O) groups is 3. The normalized spacial score (nSPS) is 25.9. The van der Waals surface area contributed by atoms with Crippen LogP contribution in [0.25, 0.3) is 0 Å². The van der Waals surface area contributed by atoms with Crippen LogP contribution in [-0.4, -0.2) is 47.5 Å². The van der Waals surface area contributed by atoms with E-state index in [1.165, 1.54) is 0 Å². The van der Waals surface area contributed by atoms with Crippen molar-refractivity contribution in [2.75, 3.05) is 13.1 Å². The van der Waals surface area contributed by atoms with Gasteiger partial charge in [0.2, 0.25) is 0 Å². The van der Waals surface area contributed by atoms with Crippen molar-refractivity contribution in [3.8, 4) is 0 Å². The first-order valence-corrected chi connectivity index (χ1v) is 8.47. The molecule has 23 heavy (non-hydrogen) atoms. The van der Waals surface area contributed by atoms with Crippen LogP contribution in [0.5, 0.6) is 0 Å². The van der Waals surface area contributed by atoms with Crippen LogP contribution in [0.3, 0.4) is 0 Å². The Labute approximate surface area is 137 Å². The average Bonchev–Trinajstić information content (AvgIpc) is 2.48. The largest absolute Gasteiger partial charge is 0.454 e. The highest BCUT2D eigenvalue weighted by atomic mass is 16.6. The molecule has 0 unspecified atom stereocenters. The van der Waals surface area contributed by atoms with Crippen molar-refractivity contribution in [3.63, 3.8) is 0 Å². The highest BCUT2D eigenvalue weighted by molar-refractivity contribution is 5.86. The van der Waals surface area contributed by atoms with E-state index in [2.05, 4.69) is 0 Å². The maximum Gasteiger partial charge on any atom is 0.410 e. The van der Waals surface area contributed by atoms with Crippen molar-refractivity contribution in [1.29, 1.82) is 0 Å². The van der Waals surface area contributed by atoms with Crippen molar-refractivity contribution >= 4 is 17.8 Å². The van der Waals surface area contributed by atoms with Crippen molar-refractivity contribution in [2.24, 2.45) is 5.92 Å². The summed E-state index contributed by atoms with van der Waals surface area (Å²) in [6.45, 7) is 6.33. The van der Waals surface area contributed by atoms with Crippen molar-refractivity contribution < 1.29 is 23.9 Å². The van der Waals surface area contributed by atoms with Gasteiger partial charge in [-0.2, -0.15) is 0 Å². The van der Waals surface area contributed by atoms with Crippen LogP contribution in [0.2, 0.25) is 0 Å². The second-order valence-corrected chi connectivity index (χ2v) is 7.40. The van der Waals surface area contributed by atoms with Crippen LogP contribution in [0, 0.1) is 5.92 Å². The van der Waals surface area contributed by atoms with Crippen molar-refractivity contribution in [3.05, 3.63) is 0 Å². The maximum atomic E-state index is 12.3. The van der Waals surface area contributed by atoms with Gasteiger partial charge in [-0.25, -0.2) is 4.79 Å². The predicted octanol–water partition coefficient (Wildman–Crippen LogP) is 2.69. The molecule has 0 aromatic carbocycles. The molecule has 1 aliphatic carbocycles. The third-order valence-corrected chi connectivity index (χ3v) is 4.16. The lowest BCUT2D eigenvalue weighted by Gasteiger charge is -2.33. The fourth-order valence-corrected chi connectivity index (χ4v) is 2.97. The maximum absolute atomic E-state index is 12.3. The minimum Gasteiger partial charge on any atom is -0.454 e. The van der Waals surface area contributed by atoms with E-state index in [0.29, 0.717) is 32.4 Å². The molecule has 0 radical (unpaired) electrons. The summed E-state index contributed by atoms with van der Waals surface area (Å²) >= 11 is 0. The van der Waals surface area contributed by atoms with E-state index >= 15 is 0 Å². The summed E-state index contributed by atoms with van der Waals surface area (Å²) in [5.74, 6) is -0.714. The van der Waals surface area contributed by atoms with E-state index in [1.54, 1.807) is 4.90 Å². The number of esters is 1. The molecule has 2 aliphatic rings. The third kappa shape index (κ3) is 5.22. The second kappa shape index (κ2) is 7.32. The van der Waals surface area contributed by atoms with Gasteiger partial charge in [0.1, 0.15) is 5.60 Å². The van der Waals surface area contributed by atoms with E-state index in [-0.39, 0.29) is 17.7 Å². The lowest BCUT2D eigenvalue weighted by molar-refractivity contribution is -0.162. The summed E-state index contributed by atoms with van der Waals surface area (Å²) in [5.41, 5.74) is -0.556. The topological polar surface area (TPSA) is 72.9 Å². The molecule has 1 aliphatic heterocycles. The van der Waals surface area contributed by atoms with Gasteiger partial charge in [-0.1, -0.05) is 0 Å². The Bertz CT molecular complexity index is 468. The zero-order chi connectivity index (χ0) is 17.0. The van der Waals surface area contributed by atoms with Crippen LogP contribution in [0.4, 0.5) is 4.79 Å². The Morgan fingerprint density at radius 1 is 1.13 bits per heavy atom. The van der Waals surface area contributed by atoms with Gasteiger partial charge in [0.25, 0.3) is 0 Å². The number of hydrogen-bond donors (Lipinski definition) is 0. The summed E-state index contributed by atoms with van der Waals surface area (Å²) in [4.78, 5) is 37.8. The first kappa shape index (κ1) is 17.8. The Balaban J connectivity index is 1.88. The molecule has 1 heterocycles.